The first-order chi connectivity index (χ1) is 11.3. The average Bonchev–Trinajstić information content (AvgIpc) is 3.06. The molecule has 1 amide bonds. The van der Waals surface area contributed by atoms with Crippen LogP contribution in [0.5, 0.6) is 0 Å². The molecule has 3 fully saturated rings. The molecule has 0 spiro atoms. The lowest BCUT2D eigenvalue weighted by Gasteiger charge is -2.31. The maximum absolute atomic E-state index is 13.2. The highest BCUT2D eigenvalue weighted by molar-refractivity contribution is 9.09. The molecule has 3 heterocycles. The van der Waals surface area contributed by atoms with Gasteiger partial charge in [-0.05, 0) is 31.4 Å². The number of alkyl halides is 1. The third-order valence-corrected chi connectivity index (χ3v) is 6.42. The smallest absolute Gasteiger partial charge is 0.242 e. The Morgan fingerprint density at radius 1 is 1.09 bits per heavy atom. The SMILES string of the molecule is O=C(C1NNC(c2ccccc2)C1Br)N1C2CCNCC1CC2. The van der Waals surface area contributed by atoms with E-state index in [0.29, 0.717) is 12.1 Å². The number of halogens is 1. The quantitative estimate of drug-likeness (QED) is 0.679. The van der Waals surface area contributed by atoms with E-state index in [9.17, 15) is 4.79 Å². The van der Waals surface area contributed by atoms with E-state index in [4.69, 9.17) is 0 Å². The Morgan fingerprint density at radius 2 is 1.87 bits per heavy atom. The summed E-state index contributed by atoms with van der Waals surface area (Å²) < 4.78 is 0. The van der Waals surface area contributed by atoms with Crippen molar-refractivity contribution in [2.75, 3.05) is 13.1 Å². The average molecular weight is 379 g/mol. The fourth-order valence-electron chi connectivity index (χ4n) is 4.16. The van der Waals surface area contributed by atoms with E-state index >= 15 is 0 Å². The highest BCUT2D eigenvalue weighted by Gasteiger charge is 2.46. The zero-order valence-electron chi connectivity index (χ0n) is 13.0. The van der Waals surface area contributed by atoms with Crippen LogP contribution in [0.25, 0.3) is 0 Å². The number of amides is 1. The number of rotatable bonds is 2. The summed E-state index contributed by atoms with van der Waals surface area (Å²) in [5, 5.41) is 3.46. The van der Waals surface area contributed by atoms with Gasteiger partial charge in [-0.25, -0.2) is 10.9 Å². The van der Waals surface area contributed by atoms with Gasteiger partial charge in [-0.15, -0.1) is 0 Å². The molecule has 5 atom stereocenters. The summed E-state index contributed by atoms with van der Waals surface area (Å²) in [4.78, 5) is 15.4. The lowest BCUT2D eigenvalue weighted by molar-refractivity contribution is -0.135. The van der Waals surface area contributed by atoms with Gasteiger partial charge in [0.15, 0.2) is 0 Å². The van der Waals surface area contributed by atoms with Crippen molar-refractivity contribution in [2.45, 2.75) is 48.3 Å². The molecule has 1 aromatic rings. The van der Waals surface area contributed by atoms with Gasteiger partial charge in [0.25, 0.3) is 0 Å². The molecule has 1 aromatic carbocycles. The van der Waals surface area contributed by atoms with Crippen LogP contribution in [-0.4, -0.2) is 46.8 Å². The van der Waals surface area contributed by atoms with Crippen molar-refractivity contribution >= 4 is 21.8 Å². The Hall–Kier alpha value is -0.950. The Morgan fingerprint density at radius 3 is 2.70 bits per heavy atom. The van der Waals surface area contributed by atoms with E-state index in [1.54, 1.807) is 0 Å². The zero-order valence-corrected chi connectivity index (χ0v) is 14.6. The second-order valence-corrected chi connectivity index (χ2v) is 7.78. The largest absolute Gasteiger partial charge is 0.334 e. The molecule has 0 saturated carbocycles. The molecular weight excluding hydrogens is 356 g/mol. The molecule has 2 bridgehead atoms. The zero-order chi connectivity index (χ0) is 15.8. The predicted molar refractivity (Wildman–Crippen MR) is 93.1 cm³/mol. The Bertz CT molecular complexity index is 555. The van der Waals surface area contributed by atoms with Gasteiger partial charge in [-0.2, -0.15) is 0 Å². The number of carbonyl (C=O) groups is 1. The summed E-state index contributed by atoms with van der Waals surface area (Å²) in [6, 6.07) is 10.9. The Balaban J connectivity index is 1.51. The van der Waals surface area contributed by atoms with Crippen LogP contribution in [0.15, 0.2) is 30.3 Å². The van der Waals surface area contributed by atoms with Gasteiger partial charge in [0.05, 0.1) is 10.9 Å². The molecule has 4 rings (SSSR count). The van der Waals surface area contributed by atoms with Crippen LogP contribution in [0.1, 0.15) is 30.9 Å². The van der Waals surface area contributed by atoms with E-state index in [0.717, 1.165) is 32.4 Å². The number of nitrogens with zero attached hydrogens (tertiary/aromatic N) is 1. The maximum atomic E-state index is 13.2. The van der Waals surface area contributed by atoms with E-state index in [-0.39, 0.29) is 22.8 Å². The minimum atomic E-state index is -0.221. The van der Waals surface area contributed by atoms with Gasteiger partial charge < -0.3 is 10.2 Å². The molecule has 3 aliphatic heterocycles. The number of benzene rings is 1. The molecule has 0 radical (unpaired) electrons. The summed E-state index contributed by atoms with van der Waals surface area (Å²) in [5.74, 6) is 0.231. The van der Waals surface area contributed by atoms with Crippen LogP contribution in [0.2, 0.25) is 0 Å². The van der Waals surface area contributed by atoms with E-state index in [1.165, 1.54) is 5.56 Å². The van der Waals surface area contributed by atoms with Crippen molar-refractivity contribution < 1.29 is 4.79 Å². The second kappa shape index (κ2) is 6.51. The lowest BCUT2D eigenvalue weighted by Crippen LogP contribution is -2.52. The number of carbonyl (C=O) groups excluding carboxylic acids is 1. The van der Waals surface area contributed by atoms with Crippen molar-refractivity contribution in [2.24, 2.45) is 0 Å². The Kier molecular flexibility index (Phi) is 4.41. The third kappa shape index (κ3) is 2.82. The first kappa shape index (κ1) is 15.6. The van der Waals surface area contributed by atoms with E-state index in [1.807, 2.05) is 18.2 Å². The number of hydrazine groups is 1. The van der Waals surface area contributed by atoms with Gasteiger partial charge in [0, 0.05) is 18.6 Å². The van der Waals surface area contributed by atoms with Crippen molar-refractivity contribution in [3.63, 3.8) is 0 Å². The number of fused-ring (bicyclic) bond motifs is 2. The van der Waals surface area contributed by atoms with Crippen LogP contribution >= 0.6 is 15.9 Å². The fraction of sp³-hybridized carbons (Fsp3) is 0.588. The van der Waals surface area contributed by atoms with Crippen molar-refractivity contribution in [1.82, 2.24) is 21.1 Å². The molecule has 5 nitrogen and oxygen atoms in total. The first-order valence-corrected chi connectivity index (χ1v) is 9.40. The maximum Gasteiger partial charge on any atom is 0.242 e. The molecule has 23 heavy (non-hydrogen) atoms. The van der Waals surface area contributed by atoms with Crippen molar-refractivity contribution in [3.8, 4) is 0 Å². The number of nitrogens with one attached hydrogen (secondary N) is 3. The number of hydrogen-bond acceptors (Lipinski definition) is 4. The van der Waals surface area contributed by atoms with Crippen LogP contribution < -0.4 is 16.2 Å². The molecule has 0 aromatic heterocycles. The summed E-state index contributed by atoms with van der Waals surface area (Å²) in [6.45, 7) is 1.95. The third-order valence-electron chi connectivity index (χ3n) is 5.36. The lowest BCUT2D eigenvalue weighted by atomic mass is 10.0. The van der Waals surface area contributed by atoms with Gasteiger partial charge in [-0.3, -0.25) is 4.79 Å². The fourth-order valence-corrected chi connectivity index (χ4v) is 4.96. The van der Waals surface area contributed by atoms with Crippen LogP contribution in [0.3, 0.4) is 0 Å². The predicted octanol–water partition coefficient (Wildman–Crippen LogP) is 1.32. The molecule has 3 saturated heterocycles. The summed E-state index contributed by atoms with van der Waals surface area (Å²) in [6.07, 6.45) is 3.34. The van der Waals surface area contributed by atoms with Crippen molar-refractivity contribution in [1.29, 1.82) is 0 Å². The monoisotopic (exact) mass is 378 g/mol. The van der Waals surface area contributed by atoms with Crippen molar-refractivity contribution in [3.05, 3.63) is 35.9 Å². The minimum absolute atomic E-state index is 0.0491. The van der Waals surface area contributed by atoms with Crippen LogP contribution in [0, 0.1) is 0 Å². The Labute approximate surface area is 145 Å². The van der Waals surface area contributed by atoms with Crippen LogP contribution in [-0.2, 0) is 4.79 Å². The summed E-state index contributed by atoms with van der Waals surface area (Å²) in [5.41, 5.74) is 7.72. The summed E-state index contributed by atoms with van der Waals surface area (Å²) in [7, 11) is 0. The standard InChI is InChI=1S/C17H23BrN4O/c18-14-15(11-4-2-1-3-5-11)20-21-16(14)17(23)22-12-6-7-13(22)10-19-9-8-12/h1-5,12-16,19-21H,6-10H2. The highest BCUT2D eigenvalue weighted by Crippen LogP contribution is 2.33. The van der Waals surface area contributed by atoms with E-state index < -0.39 is 0 Å². The molecule has 6 heteroatoms. The highest BCUT2D eigenvalue weighted by atomic mass is 79.9. The van der Waals surface area contributed by atoms with Gasteiger partial charge in [-0.1, -0.05) is 46.3 Å². The molecule has 124 valence electrons. The van der Waals surface area contributed by atoms with Gasteiger partial charge >= 0.3 is 0 Å². The molecule has 0 aliphatic carbocycles. The summed E-state index contributed by atoms with van der Waals surface area (Å²) >= 11 is 3.77. The minimum Gasteiger partial charge on any atom is -0.334 e. The first-order valence-electron chi connectivity index (χ1n) is 8.48. The van der Waals surface area contributed by atoms with Gasteiger partial charge in [0.1, 0.15) is 6.04 Å². The molecular formula is C17H23BrN4O. The second-order valence-electron chi connectivity index (χ2n) is 6.72. The molecule has 3 aliphatic rings. The molecule has 5 unspecified atom stereocenters. The van der Waals surface area contributed by atoms with E-state index in [2.05, 4.69) is 49.1 Å². The topological polar surface area (TPSA) is 56.4 Å². The van der Waals surface area contributed by atoms with Gasteiger partial charge in [0.2, 0.25) is 5.91 Å². The van der Waals surface area contributed by atoms with Crippen LogP contribution in [0.4, 0.5) is 0 Å². The number of hydrogen-bond donors (Lipinski definition) is 3. The molecule has 3 N–H and O–H groups in total. The normalized spacial score (nSPS) is 36.9.